The third-order valence-electron chi connectivity index (χ3n) is 5.35. The molecule has 0 amide bonds. The van der Waals surface area contributed by atoms with Gasteiger partial charge in [0.1, 0.15) is 5.41 Å². The summed E-state index contributed by atoms with van der Waals surface area (Å²) in [7, 11) is 0. The summed E-state index contributed by atoms with van der Waals surface area (Å²) in [6.07, 6.45) is 9.83. The van der Waals surface area contributed by atoms with Crippen LogP contribution >= 0.6 is 0 Å². The van der Waals surface area contributed by atoms with Crippen molar-refractivity contribution in [3.63, 3.8) is 0 Å². The molecule has 1 fully saturated rings. The van der Waals surface area contributed by atoms with Gasteiger partial charge in [-0.25, -0.2) is 0 Å². The fraction of sp³-hybridized carbons (Fsp3) is 0.571. The number of piperidine rings is 1. The smallest absolute Gasteiger partial charge is 0.318 e. The average Bonchev–Trinajstić information content (AvgIpc) is 2.64. The van der Waals surface area contributed by atoms with E-state index >= 15 is 0 Å². The molecule has 1 atom stereocenters. The molecule has 0 aromatic heterocycles. The van der Waals surface area contributed by atoms with Crippen molar-refractivity contribution in [1.82, 2.24) is 4.90 Å². The second-order valence-electron chi connectivity index (χ2n) is 6.99. The number of nitrogens with zero attached hydrogens (tertiary/aromatic N) is 1. The van der Waals surface area contributed by atoms with Crippen molar-refractivity contribution in [2.75, 3.05) is 19.7 Å². The van der Waals surface area contributed by atoms with Crippen molar-refractivity contribution in [2.24, 2.45) is 5.41 Å². The van der Waals surface area contributed by atoms with Crippen molar-refractivity contribution >= 4 is 5.97 Å². The second-order valence-corrected chi connectivity index (χ2v) is 6.99. The van der Waals surface area contributed by atoms with Crippen molar-refractivity contribution < 1.29 is 9.53 Å². The number of allylic oxidation sites excluding steroid dienone is 1. The maximum atomic E-state index is 13.1. The topological polar surface area (TPSA) is 29.5 Å². The number of carbonyl (C=O) groups is 1. The van der Waals surface area contributed by atoms with Crippen LogP contribution in [0.3, 0.4) is 0 Å². The van der Waals surface area contributed by atoms with Crippen LogP contribution in [0.4, 0.5) is 0 Å². The average molecular weight is 327 g/mol. The van der Waals surface area contributed by atoms with Crippen molar-refractivity contribution in [3.8, 4) is 0 Å². The van der Waals surface area contributed by atoms with E-state index in [1.54, 1.807) is 0 Å². The number of esters is 1. The van der Waals surface area contributed by atoms with E-state index in [9.17, 15) is 4.79 Å². The lowest BCUT2D eigenvalue weighted by Gasteiger charge is -2.44. The molecule has 3 heteroatoms. The first-order valence-electron chi connectivity index (χ1n) is 9.43. The van der Waals surface area contributed by atoms with E-state index in [0.717, 1.165) is 38.8 Å². The highest BCUT2D eigenvalue weighted by atomic mass is 16.5. The first-order chi connectivity index (χ1) is 11.8. The third kappa shape index (κ3) is 3.50. The third-order valence-corrected chi connectivity index (χ3v) is 5.35. The van der Waals surface area contributed by atoms with E-state index in [0.29, 0.717) is 6.61 Å². The van der Waals surface area contributed by atoms with Crippen LogP contribution < -0.4 is 0 Å². The summed E-state index contributed by atoms with van der Waals surface area (Å²) < 4.78 is 5.57. The van der Waals surface area contributed by atoms with Crippen LogP contribution in [-0.2, 0) is 16.0 Å². The van der Waals surface area contributed by atoms with Crippen LogP contribution in [-0.4, -0.2) is 30.6 Å². The Morgan fingerprint density at radius 2 is 1.88 bits per heavy atom. The van der Waals surface area contributed by atoms with Gasteiger partial charge in [-0.05, 0) is 57.4 Å². The van der Waals surface area contributed by atoms with E-state index in [1.807, 2.05) is 13.0 Å². The van der Waals surface area contributed by atoms with Gasteiger partial charge in [-0.1, -0.05) is 36.4 Å². The summed E-state index contributed by atoms with van der Waals surface area (Å²) in [6.45, 7) is 4.49. The molecule has 0 bridgehead atoms. The van der Waals surface area contributed by atoms with Gasteiger partial charge >= 0.3 is 5.97 Å². The number of benzene rings is 1. The molecule has 24 heavy (non-hydrogen) atoms. The number of carbonyl (C=O) groups excluding carboxylic acids is 1. The predicted octanol–water partition coefficient (Wildman–Crippen LogP) is 4.33. The van der Waals surface area contributed by atoms with Crippen LogP contribution in [0.1, 0.15) is 51.0 Å². The number of ether oxygens (including phenoxy) is 1. The zero-order valence-electron chi connectivity index (χ0n) is 14.8. The lowest BCUT2D eigenvalue weighted by Crippen LogP contribution is -2.46. The van der Waals surface area contributed by atoms with E-state index in [4.69, 9.17) is 4.74 Å². The highest BCUT2D eigenvalue weighted by molar-refractivity contribution is 5.81. The number of likely N-dealkylation sites (tertiary alicyclic amines) is 1. The van der Waals surface area contributed by atoms with E-state index in [2.05, 4.69) is 35.2 Å². The normalized spacial score (nSPS) is 24.4. The number of hydrogen-bond donors (Lipinski definition) is 0. The predicted molar refractivity (Wildman–Crippen MR) is 96.6 cm³/mol. The Morgan fingerprint density at radius 3 is 2.58 bits per heavy atom. The maximum absolute atomic E-state index is 13.1. The molecule has 1 aliphatic heterocycles. The molecule has 2 aliphatic rings. The minimum Gasteiger partial charge on any atom is -0.465 e. The molecule has 1 aromatic carbocycles. The Balaban J connectivity index is 1.96. The molecule has 1 aliphatic carbocycles. The molecule has 0 radical (unpaired) electrons. The fourth-order valence-corrected chi connectivity index (χ4v) is 4.20. The quantitative estimate of drug-likeness (QED) is 0.754. The molecule has 1 unspecified atom stereocenters. The van der Waals surface area contributed by atoms with Gasteiger partial charge in [-0.3, -0.25) is 4.79 Å². The summed E-state index contributed by atoms with van der Waals surface area (Å²) in [5.74, 6) is -0.0367. The Kier molecular flexibility index (Phi) is 5.60. The van der Waals surface area contributed by atoms with Crippen molar-refractivity contribution in [3.05, 3.63) is 47.7 Å². The zero-order chi connectivity index (χ0) is 16.8. The highest BCUT2D eigenvalue weighted by Crippen LogP contribution is 2.44. The van der Waals surface area contributed by atoms with Crippen LogP contribution in [0.15, 0.2) is 42.1 Å². The molecule has 1 saturated heterocycles. The van der Waals surface area contributed by atoms with Gasteiger partial charge in [-0.15, -0.1) is 0 Å². The van der Waals surface area contributed by atoms with Gasteiger partial charge in [0.05, 0.1) is 6.61 Å². The lowest BCUT2D eigenvalue weighted by molar-refractivity contribution is -0.155. The van der Waals surface area contributed by atoms with Crippen LogP contribution in [0.25, 0.3) is 0 Å². The molecular formula is C21H29NO2. The van der Waals surface area contributed by atoms with Crippen molar-refractivity contribution in [2.45, 2.75) is 51.9 Å². The molecule has 0 spiro atoms. The van der Waals surface area contributed by atoms with Gasteiger partial charge in [-0.2, -0.15) is 0 Å². The number of hydrogen-bond acceptors (Lipinski definition) is 3. The molecule has 1 aromatic rings. The van der Waals surface area contributed by atoms with Gasteiger partial charge in [0.15, 0.2) is 0 Å². The largest absolute Gasteiger partial charge is 0.465 e. The van der Waals surface area contributed by atoms with Crippen LogP contribution in [0, 0.1) is 5.41 Å². The van der Waals surface area contributed by atoms with Crippen LogP contribution in [0.2, 0.25) is 0 Å². The van der Waals surface area contributed by atoms with E-state index < -0.39 is 5.41 Å². The first-order valence-corrected chi connectivity index (χ1v) is 9.43. The van der Waals surface area contributed by atoms with E-state index in [-0.39, 0.29) is 5.97 Å². The Bertz CT molecular complexity index is 575. The van der Waals surface area contributed by atoms with Gasteiger partial charge < -0.3 is 9.64 Å². The fourth-order valence-electron chi connectivity index (χ4n) is 4.20. The lowest BCUT2D eigenvalue weighted by atomic mass is 9.71. The molecule has 1 heterocycles. The van der Waals surface area contributed by atoms with Gasteiger partial charge in [0.25, 0.3) is 0 Å². The van der Waals surface area contributed by atoms with Gasteiger partial charge in [0.2, 0.25) is 0 Å². The zero-order valence-corrected chi connectivity index (χ0v) is 14.8. The maximum Gasteiger partial charge on any atom is 0.318 e. The monoisotopic (exact) mass is 327 g/mol. The van der Waals surface area contributed by atoms with Crippen molar-refractivity contribution in [1.29, 1.82) is 0 Å². The minimum absolute atomic E-state index is 0.0367. The standard InChI is InChI=1S/C21H29NO2/c1-2-24-20(23)21(17-18-11-5-3-6-12-18)14-8-7-13-19(21)22-15-9-4-10-16-22/h3,5-6,11-13H,2,4,7-10,14-17H2,1H3. The highest BCUT2D eigenvalue weighted by Gasteiger charge is 2.46. The first kappa shape index (κ1) is 17.1. The summed E-state index contributed by atoms with van der Waals surface area (Å²) in [5.41, 5.74) is 1.94. The second kappa shape index (κ2) is 7.87. The minimum atomic E-state index is -0.507. The van der Waals surface area contributed by atoms with Crippen LogP contribution in [0.5, 0.6) is 0 Å². The summed E-state index contributed by atoms with van der Waals surface area (Å²) >= 11 is 0. The Morgan fingerprint density at radius 1 is 1.12 bits per heavy atom. The summed E-state index contributed by atoms with van der Waals surface area (Å²) in [5, 5.41) is 0. The Labute approximate surface area is 145 Å². The SMILES string of the molecule is CCOC(=O)C1(Cc2ccccc2)CCCC=C1N1CCCCC1. The molecule has 130 valence electrons. The van der Waals surface area contributed by atoms with E-state index in [1.165, 1.54) is 30.5 Å². The summed E-state index contributed by atoms with van der Waals surface area (Å²) in [6, 6.07) is 10.4. The number of rotatable bonds is 5. The molecule has 3 rings (SSSR count). The van der Waals surface area contributed by atoms with Gasteiger partial charge in [0, 0.05) is 18.8 Å². The molecule has 3 nitrogen and oxygen atoms in total. The molecule has 0 saturated carbocycles. The Hall–Kier alpha value is -1.77. The summed E-state index contributed by atoms with van der Waals surface area (Å²) in [4.78, 5) is 15.5. The molecule has 0 N–H and O–H groups in total. The molecular weight excluding hydrogens is 298 g/mol.